The number of H-pyrrole nitrogens is 1. The van der Waals surface area contributed by atoms with Gasteiger partial charge in [0.15, 0.2) is 11.5 Å². The second kappa shape index (κ2) is 5.90. The van der Waals surface area contributed by atoms with Gasteiger partial charge in [0.25, 0.3) is 5.56 Å². The highest BCUT2D eigenvalue weighted by atomic mass is 19.1. The van der Waals surface area contributed by atoms with Gasteiger partial charge in [-0.15, -0.1) is 0 Å². The Kier molecular flexibility index (Phi) is 3.57. The van der Waals surface area contributed by atoms with Gasteiger partial charge in [0, 0.05) is 17.8 Å². The lowest BCUT2D eigenvalue weighted by atomic mass is 10.2. The molecule has 124 valence electrons. The van der Waals surface area contributed by atoms with Gasteiger partial charge in [-0.1, -0.05) is 18.2 Å². The molecule has 8 heteroatoms. The SMILES string of the molecule is O=c1ccnc(-c2nn(Cc3ccccc3F)c3ncc(F)cc23)[nH]1. The van der Waals surface area contributed by atoms with Crippen molar-refractivity contribution in [3.63, 3.8) is 0 Å². The molecule has 1 aromatic carbocycles. The summed E-state index contributed by atoms with van der Waals surface area (Å²) < 4.78 is 29.1. The molecule has 0 spiro atoms. The first-order valence-electron chi connectivity index (χ1n) is 7.43. The molecule has 0 saturated heterocycles. The maximum absolute atomic E-state index is 13.9. The Morgan fingerprint density at radius 3 is 2.76 bits per heavy atom. The zero-order valence-corrected chi connectivity index (χ0v) is 12.8. The minimum atomic E-state index is -0.544. The van der Waals surface area contributed by atoms with Crippen LogP contribution < -0.4 is 5.56 Å². The number of halogens is 2. The van der Waals surface area contributed by atoms with Crippen LogP contribution in [-0.4, -0.2) is 24.7 Å². The van der Waals surface area contributed by atoms with E-state index in [4.69, 9.17) is 0 Å². The van der Waals surface area contributed by atoms with E-state index in [0.29, 0.717) is 16.6 Å². The molecule has 0 aliphatic carbocycles. The van der Waals surface area contributed by atoms with Crippen molar-refractivity contribution in [3.05, 3.63) is 76.3 Å². The summed E-state index contributed by atoms with van der Waals surface area (Å²) in [5.41, 5.74) is 0.701. The number of fused-ring (bicyclic) bond motifs is 1. The van der Waals surface area contributed by atoms with Gasteiger partial charge in [0.2, 0.25) is 0 Å². The number of hydrogen-bond donors (Lipinski definition) is 1. The topological polar surface area (TPSA) is 76.5 Å². The predicted octanol–water partition coefficient (Wildman–Crippen LogP) is 2.51. The minimum Gasteiger partial charge on any atom is -0.305 e. The van der Waals surface area contributed by atoms with Crippen molar-refractivity contribution in [1.82, 2.24) is 24.7 Å². The van der Waals surface area contributed by atoms with Crippen molar-refractivity contribution < 1.29 is 8.78 Å². The van der Waals surface area contributed by atoms with E-state index >= 15 is 0 Å². The normalized spacial score (nSPS) is 11.1. The second-order valence-corrected chi connectivity index (χ2v) is 5.41. The standard InChI is InChI=1S/C17H11F2N5O/c18-11-7-12-15(16-20-6-5-14(25)22-16)23-24(17(12)21-8-11)9-10-3-1-2-4-13(10)19/h1-8H,9H2,(H,20,22,25). The fourth-order valence-corrected chi connectivity index (χ4v) is 2.60. The first kappa shape index (κ1) is 15.1. The van der Waals surface area contributed by atoms with E-state index in [-0.39, 0.29) is 29.4 Å². The molecule has 3 aromatic heterocycles. The van der Waals surface area contributed by atoms with E-state index in [1.807, 2.05) is 0 Å². The Balaban J connectivity index is 1.91. The summed E-state index contributed by atoms with van der Waals surface area (Å²) in [4.78, 5) is 22.2. The molecule has 0 bridgehead atoms. The van der Waals surface area contributed by atoms with E-state index in [0.717, 1.165) is 6.20 Å². The van der Waals surface area contributed by atoms with Crippen molar-refractivity contribution in [1.29, 1.82) is 0 Å². The van der Waals surface area contributed by atoms with Gasteiger partial charge < -0.3 is 4.98 Å². The lowest BCUT2D eigenvalue weighted by molar-refractivity contribution is 0.588. The first-order valence-corrected chi connectivity index (χ1v) is 7.43. The summed E-state index contributed by atoms with van der Waals surface area (Å²) in [6.07, 6.45) is 2.40. The molecule has 0 radical (unpaired) electrons. The molecule has 0 fully saturated rings. The summed E-state index contributed by atoms with van der Waals surface area (Å²) in [5.74, 6) is -0.726. The molecule has 0 aliphatic heterocycles. The Bertz CT molecular complexity index is 1140. The highest BCUT2D eigenvalue weighted by molar-refractivity contribution is 5.89. The predicted molar refractivity (Wildman–Crippen MR) is 86.8 cm³/mol. The number of pyridine rings is 1. The fraction of sp³-hybridized carbons (Fsp3) is 0.0588. The van der Waals surface area contributed by atoms with Gasteiger partial charge in [-0.3, -0.25) is 4.79 Å². The van der Waals surface area contributed by atoms with Crippen LogP contribution in [0.4, 0.5) is 8.78 Å². The second-order valence-electron chi connectivity index (χ2n) is 5.41. The molecule has 3 heterocycles. The number of benzene rings is 1. The van der Waals surface area contributed by atoms with E-state index < -0.39 is 5.82 Å². The van der Waals surface area contributed by atoms with E-state index in [1.54, 1.807) is 18.2 Å². The molecule has 6 nitrogen and oxygen atoms in total. The number of aromatic amines is 1. The monoisotopic (exact) mass is 339 g/mol. The lowest BCUT2D eigenvalue weighted by Gasteiger charge is -2.04. The van der Waals surface area contributed by atoms with Crippen LogP contribution in [0, 0.1) is 11.6 Å². The van der Waals surface area contributed by atoms with E-state index in [2.05, 4.69) is 20.1 Å². The van der Waals surface area contributed by atoms with Crippen LogP contribution in [0.1, 0.15) is 5.56 Å². The van der Waals surface area contributed by atoms with Crippen LogP contribution in [-0.2, 0) is 6.54 Å². The van der Waals surface area contributed by atoms with Gasteiger partial charge in [0.05, 0.1) is 18.1 Å². The van der Waals surface area contributed by atoms with E-state index in [9.17, 15) is 13.6 Å². The van der Waals surface area contributed by atoms with Gasteiger partial charge in [-0.25, -0.2) is 23.4 Å². The van der Waals surface area contributed by atoms with Crippen LogP contribution in [0.15, 0.2) is 53.6 Å². The Morgan fingerprint density at radius 2 is 1.96 bits per heavy atom. The van der Waals surface area contributed by atoms with Crippen molar-refractivity contribution in [2.75, 3.05) is 0 Å². The Morgan fingerprint density at radius 1 is 1.12 bits per heavy atom. The Hall–Kier alpha value is -3.42. The summed E-state index contributed by atoms with van der Waals surface area (Å²) in [7, 11) is 0. The highest BCUT2D eigenvalue weighted by Gasteiger charge is 2.17. The largest absolute Gasteiger partial charge is 0.305 e. The molecular formula is C17H11F2N5O. The van der Waals surface area contributed by atoms with Crippen LogP contribution in [0.5, 0.6) is 0 Å². The van der Waals surface area contributed by atoms with Gasteiger partial charge in [-0.2, -0.15) is 5.10 Å². The number of nitrogens with one attached hydrogen (secondary N) is 1. The van der Waals surface area contributed by atoms with Crippen LogP contribution in [0.2, 0.25) is 0 Å². The molecule has 4 aromatic rings. The smallest absolute Gasteiger partial charge is 0.251 e. The van der Waals surface area contributed by atoms with Crippen molar-refractivity contribution in [2.45, 2.75) is 6.54 Å². The average molecular weight is 339 g/mol. The molecule has 0 unspecified atom stereocenters. The summed E-state index contributed by atoms with van der Waals surface area (Å²) in [6, 6.07) is 8.82. The summed E-state index contributed by atoms with van der Waals surface area (Å²) in [5, 5.41) is 4.75. The van der Waals surface area contributed by atoms with Crippen molar-refractivity contribution in [3.8, 4) is 11.5 Å². The first-order chi connectivity index (χ1) is 12.1. The molecule has 0 aliphatic rings. The average Bonchev–Trinajstić information content (AvgIpc) is 2.95. The van der Waals surface area contributed by atoms with Crippen LogP contribution in [0.3, 0.4) is 0 Å². The zero-order chi connectivity index (χ0) is 17.4. The molecule has 0 saturated carbocycles. The minimum absolute atomic E-state index is 0.110. The third-order valence-electron chi connectivity index (χ3n) is 3.73. The number of hydrogen-bond acceptors (Lipinski definition) is 4. The summed E-state index contributed by atoms with van der Waals surface area (Å²) >= 11 is 0. The van der Waals surface area contributed by atoms with Gasteiger partial charge in [-0.05, 0) is 12.1 Å². The fourth-order valence-electron chi connectivity index (χ4n) is 2.60. The van der Waals surface area contributed by atoms with Crippen LogP contribution in [0.25, 0.3) is 22.6 Å². The molecule has 25 heavy (non-hydrogen) atoms. The highest BCUT2D eigenvalue weighted by Crippen LogP contribution is 2.25. The van der Waals surface area contributed by atoms with Crippen LogP contribution >= 0.6 is 0 Å². The number of nitrogens with zero attached hydrogens (tertiary/aromatic N) is 4. The quantitative estimate of drug-likeness (QED) is 0.622. The zero-order valence-electron chi connectivity index (χ0n) is 12.8. The number of aromatic nitrogens is 5. The molecular weight excluding hydrogens is 328 g/mol. The van der Waals surface area contributed by atoms with Crippen molar-refractivity contribution >= 4 is 11.0 Å². The molecule has 0 atom stereocenters. The van der Waals surface area contributed by atoms with E-state index in [1.165, 1.54) is 29.1 Å². The van der Waals surface area contributed by atoms with Gasteiger partial charge >= 0.3 is 0 Å². The molecule has 1 N–H and O–H groups in total. The Labute approximate surface area is 139 Å². The lowest BCUT2D eigenvalue weighted by Crippen LogP contribution is -2.07. The van der Waals surface area contributed by atoms with Crippen molar-refractivity contribution in [2.24, 2.45) is 0 Å². The molecule has 4 rings (SSSR count). The maximum atomic E-state index is 13.9. The third-order valence-corrected chi connectivity index (χ3v) is 3.73. The summed E-state index contributed by atoms with van der Waals surface area (Å²) in [6.45, 7) is 0.110. The van der Waals surface area contributed by atoms with Gasteiger partial charge in [0.1, 0.15) is 17.3 Å². The maximum Gasteiger partial charge on any atom is 0.251 e. The molecule has 0 amide bonds. The third kappa shape index (κ3) is 2.78. The number of rotatable bonds is 3.